The first kappa shape index (κ1) is 22.8. The molecule has 0 aromatic heterocycles. The highest BCUT2D eigenvalue weighted by Gasteiger charge is 2.04. The Labute approximate surface area is 117 Å². The Balaban J connectivity index is -0.000000317. The number of ketones is 1. The zero-order valence-corrected chi connectivity index (χ0v) is 14.1. The average molecular weight is 258 g/mol. The van der Waals surface area contributed by atoms with Gasteiger partial charge in [-0.3, -0.25) is 0 Å². The molecule has 0 fully saturated rings. The Morgan fingerprint density at radius 3 is 1.56 bits per heavy atom. The molecule has 112 valence electrons. The standard InChI is InChI=1S/C12H26.C3H6O.C2H6/c1-4-7-9-11-12(6-3)10-8-5-2;1-3(2)4;1-2/h12H,4-11H2,1-3H3;1-2H3;1-2H3. The van der Waals surface area contributed by atoms with Crippen LogP contribution in [0.2, 0.25) is 0 Å². The number of carbonyl (C=O) groups is 1. The van der Waals surface area contributed by atoms with Gasteiger partial charge < -0.3 is 4.79 Å². The number of rotatable bonds is 8. The number of hydrogen-bond acceptors (Lipinski definition) is 1. The van der Waals surface area contributed by atoms with Gasteiger partial charge >= 0.3 is 0 Å². The van der Waals surface area contributed by atoms with E-state index in [0.29, 0.717) is 0 Å². The van der Waals surface area contributed by atoms with Gasteiger partial charge in [-0.05, 0) is 19.8 Å². The molecule has 0 amide bonds. The lowest BCUT2D eigenvalue weighted by Crippen LogP contribution is -1.98. The molecule has 0 aliphatic rings. The van der Waals surface area contributed by atoms with E-state index in [2.05, 4.69) is 20.8 Å². The van der Waals surface area contributed by atoms with Crippen LogP contribution in [0.1, 0.15) is 99.8 Å². The van der Waals surface area contributed by atoms with E-state index in [9.17, 15) is 4.79 Å². The van der Waals surface area contributed by atoms with Crippen molar-refractivity contribution in [1.82, 2.24) is 0 Å². The van der Waals surface area contributed by atoms with Gasteiger partial charge in [-0.1, -0.05) is 86.0 Å². The van der Waals surface area contributed by atoms with Crippen molar-refractivity contribution >= 4 is 5.78 Å². The van der Waals surface area contributed by atoms with Crippen molar-refractivity contribution in [2.45, 2.75) is 99.8 Å². The molecule has 1 nitrogen and oxygen atoms in total. The van der Waals surface area contributed by atoms with Crippen LogP contribution >= 0.6 is 0 Å². The van der Waals surface area contributed by atoms with E-state index in [1.165, 1.54) is 65.2 Å². The smallest absolute Gasteiger partial charge is 0.126 e. The van der Waals surface area contributed by atoms with E-state index in [4.69, 9.17) is 0 Å². The maximum Gasteiger partial charge on any atom is 0.126 e. The van der Waals surface area contributed by atoms with Gasteiger partial charge in [0.1, 0.15) is 5.78 Å². The highest BCUT2D eigenvalue weighted by Crippen LogP contribution is 2.19. The Morgan fingerprint density at radius 2 is 1.22 bits per heavy atom. The fourth-order valence-electron chi connectivity index (χ4n) is 1.73. The molecule has 0 aromatic rings. The third-order valence-corrected chi connectivity index (χ3v) is 2.76. The first-order valence-electron chi connectivity index (χ1n) is 8.05. The number of carbonyl (C=O) groups excluding carboxylic acids is 1. The van der Waals surface area contributed by atoms with E-state index in [0.717, 1.165) is 5.92 Å². The lowest BCUT2D eigenvalue weighted by molar-refractivity contribution is -0.114. The monoisotopic (exact) mass is 258 g/mol. The summed E-state index contributed by atoms with van der Waals surface area (Å²) in [5, 5.41) is 0. The van der Waals surface area contributed by atoms with Gasteiger partial charge in [0, 0.05) is 0 Å². The van der Waals surface area contributed by atoms with Gasteiger partial charge in [0.15, 0.2) is 0 Å². The molecule has 0 radical (unpaired) electrons. The third-order valence-electron chi connectivity index (χ3n) is 2.76. The third kappa shape index (κ3) is 29.6. The summed E-state index contributed by atoms with van der Waals surface area (Å²) < 4.78 is 0. The second-order valence-electron chi connectivity index (χ2n) is 4.82. The van der Waals surface area contributed by atoms with Gasteiger partial charge in [-0.15, -0.1) is 0 Å². The predicted molar refractivity (Wildman–Crippen MR) is 85.2 cm³/mol. The Bertz CT molecular complexity index is 137. The molecule has 0 saturated carbocycles. The highest BCUT2D eigenvalue weighted by atomic mass is 16.1. The lowest BCUT2D eigenvalue weighted by atomic mass is 9.93. The van der Waals surface area contributed by atoms with Crippen molar-refractivity contribution in [2.75, 3.05) is 0 Å². The van der Waals surface area contributed by atoms with Crippen LogP contribution in [0.5, 0.6) is 0 Å². The summed E-state index contributed by atoms with van der Waals surface area (Å²) in [6.45, 7) is 14.0. The van der Waals surface area contributed by atoms with Gasteiger partial charge in [0.25, 0.3) is 0 Å². The molecule has 0 spiro atoms. The topological polar surface area (TPSA) is 17.1 Å². The zero-order valence-electron chi connectivity index (χ0n) is 14.1. The normalized spacial score (nSPS) is 10.6. The number of Topliss-reactive ketones (excluding diaryl/α,β-unsaturated/α-hetero) is 1. The summed E-state index contributed by atoms with van der Waals surface area (Å²) in [4.78, 5) is 9.44. The maximum atomic E-state index is 9.44. The van der Waals surface area contributed by atoms with Crippen molar-refractivity contribution in [2.24, 2.45) is 5.92 Å². The maximum absolute atomic E-state index is 9.44. The van der Waals surface area contributed by atoms with Crippen LogP contribution in [0.4, 0.5) is 0 Å². The molecule has 0 N–H and O–H groups in total. The fraction of sp³-hybridized carbons (Fsp3) is 0.941. The van der Waals surface area contributed by atoms with Crippen LogP contribution in [0, 0.1) is 5.92 Å². The van der Waals surface area contributed by atoms with Crippen LogP contribution < -0.4 is 0 Å². The summed E-state index contributed by atoms with van der Waals surface area (Å²) >= 11 is 0. The molecule has 0 aliphatic carbocycles. The SMILES string of the molecule is CC.CC(C)=O.CCCCCC(CC)CCCC. The van der Waals surface area contributed by atoms with E-state index in [-0.39, 0.29) is 5.78 Å². The van der Waals surface area contributed by atoms with Gasteiger partial charge in [0.05, 0.1) is 0 Å². The molecule has 0 heterocycles. The summed E-state index contributed by atoms with van der Waals surface area (Å²) in [5.41, 5.74) is 0. The number of unbranched alkanes of at least 4 members (excludes halogenated alkanes) is 3. The molecule has 1 unspecified atom stereocenters. The minimum absolute atomic E-state index is 0.167. The van der Waals surface area contributed by atoms with Crippen molar-refractivity contribution in [1.29, 1.82) is 0 Å². The largest absolute Gasteiger partial charge is 0.300 e. The van der Waals surface area contributed by atoms with Crippen molar-refractivity contribution in [3.8, 4) is 0 Å². The molecule has 0 bridgehead atoms. The average Bonchev–Trinajstić information content (AvgIpc) is 2.35. The Hall–Kier alpha value is -0.330. The van der Waals surface area contributed by atoms with Crippen molar-refractivity contribution < 1.29 is 4.79 Å². The molecule has 0 rings (SSSR count). The van der Waals surface area contributed by atoms with Gasteiger partial charge in [-0.25, -0.2) is 0 Å². The number of hydrogen-bond donors (Lipinski definition) is 0. The fourth-order valence-corrected chi connectivity index (χ4v) is 1.73. The molecule has 1 atom stereocenters. The minimum Gasteiger partial charge on any atom is -0.300 e. The molecule has 0 aliphatic heterocycles. The van der Waals surface area contributed by atoms with Crippen molar-refractivity contribution in [3.05, 3.63) is 0 Å². The Morgan fingerprint density at radius 1 is 0.833 bits per heavy atom. The van der Waals surface area contributed by atoms with Gasteiger partial charge in [-0.2, -0.15) is 0 Å². The molecule has 0 saturated heterocycles. The van der Waals surface area contributed by atoms with Crippen LogP contribution in [0.25, 0.3) is 0 Å². The summed E-state index contributed by atoms with van der Waals surface area (Å²) in [5.74, 6) is 1.19. The molecular weight excluding hydrogens is 220 g/mol. The van der Waals surface area contributed by atoms with E-state index in [1.807, 2.05) is 13.8 Å². The first-order chi connectivity index (χ1) is 8.58. The summed E-state index contributed by atoms with van der Waals surface area (Å²) in [6.07, 6.45) is 11.4. The first-order valence-corrected chi connectivity index (χ1v) is 8.05. The second kappa shape index (κ2) is 21.9. The zero-order chi connectivity index (χ0) is 14.8. The molecule has 1 heteroatoms. The quantitative estimate of drug-likeness (QED) is 0.460. The predicted octanol–water partition coefficient (Wildman–Crippen LogP) is 6.40. The van der Waals surface area contributed by atoms with E-state index in [1.54, 1.807) is 0 Å². The minimum atomic E-state index is 0.167. The van der Waals surface area contributed by atoms with Gasteiger partial charge in [0.2, 0.25) is 0 Å². The lowest BCUT2D eigenvalue weighted by Gasteiger charge is -2.13. The molecular formula is C17H38O. The van der Waals surface area contributed by atoms with E-state index < -0.39 is 0 Å². The van der Waals surface area contributed by atoms with Crippen LogP contribution in [0.15, 0.2) is 0 Å². The van der Waals surface area contributed by atoms with Crippen molar-refractivity contribution in [3.63, 3.8) is 0 Å². The Kier molecular flexibility index (Phi) is 27.8. The van der Waals surface area contributed by atoms with Crippen LogP contribution in [-0.2, 0) is 4.79 Å². The van der Waals surface area contributed by atoms with Crippen LogP contribution in [-0.4, -0.2) is 5.78 Å². The summed E-state index contributed by atoms with van der Waals surface area (Å²) in [6, 6.07) is 0. The second-order valence-corrected chi connectivity index (χ2v) is 4.82. The van der Waals surface area contributed by atoms with Crippen LogP contribution in [0.3, 0.4) is 0 Å². The highest BCUT2D eigenvalue weighted by molar-refractivity contribution is 5.72. The molecule has 18 heavy (non-hydrogen) atoms. The van der Waals surface area contributed by atoms with E-state index >= 15 is 0 Å². The summed E-state index contributed by atoms with van der Waals surface area (Å²) in [7, 11) is 0. The molecule has 0 aromatic carbocycles.